The van der Waals surface area contributed by atoms with Crippen molar-refractivity contribution in [1.82, 2.24) is 0 Å². The lowest BCUT2D eigenvalue weighted by atomic mass is 9.97. The van der Waals surface area contributed by atoms with Gasteiger partial charge in [-0.05, 0) is 29.4 Å². The zero-order valence-electron chi connectivity index (χ0n) is 17.0. The van der Waals surface area contributed by atoms with Gasteiger partial charge in [-0.25, -0.2) is 0 Å². The van der Waals surface area contributed by atoms with Gasteiger partial charge in [-0.15, -0.1) is 0 Å². The molecule has 2 aromatic carbocycles. The maximum absolute atomic E-state index is 8.52. The van der Waals surface area contributed by atoms with Crippen LogP contribution < -0.4 is 5.19 Å². The Bertz CT molecular complexity index is 717. The number of rotatable bonds is 3. The molecule has 0 N–H and O–H groups in total. The molecule has 0 amide bonds. The minimum absolute atomic E-state index is 0.353. The zero-order valence-corrected chi connectivity index (χ0v) is 14.0. The van der Waals surface area contributed by atoms with Crippen LogP contribution in [0.1, 0.15) is 36.4 Å². The fourth-order valence-electron chi connectivity index (χ4n) is 2.45. The van der Waals surface area contributed by atoms with E-state index in [-0.39, 0.29) is 0 Å². The van der Waals surface area contributed by atoms with Crippen LogP contribution in [0.3, 0.4) is 0 Å². The van der Waals surface area contributed by atoms with Gasteiger partial charge in [0.2, 0.25) is 0 Å². The highest BCUT2D eigenvalue weighted by Crippen LogP contribution is 2.25. The Labute approximate surface area is 130 Å². The number of benzene rings is 2. The van der Waals surface area contributed by atoms with Crippen molar-refractivity contribution in [1.29, 1.82) is 0 Å². The standard InChI is InChI=1S/C19H26Si/c1-14(2)18-13-17(11-12-19(18)20(4,5)6)16-9-7-15(3)8-10-16/h7-14H,1-6H3/i3D3,14D. The summed E-state index contributed by atoms with van der Waals surface area (Å²) in [7, 11) is -1.54. The molecule has 1 heteroatoms. The Morgan fingerprint density at radius 3 is 2.05 bits per heavy atom. The molecule has 0 heterocycles. The molecule has 0 atom stereocenters. The molecule has 20 heavy (non-hydrogen) atoms. The van der Waals surface area contributed by atoms with Crippen molar-refractivity contribution in [3.63, 3.8) is 0 Å². The van der Waals surface area contributed by atoms with Crippen LogP contribution in [0.4, 0.5) is 0 Å². The fourth-order valence-corrected chi connectivity index (χ4v) is 4.17. The highest BCUT2D eigenvalue weighted by molar-refractivity contribution is 6.89. The Hall–Kier alpha value is -1.34. The molecule has 0 aromatic heterocycles. The molecular weight excluding hydrogens is 256 g/mol. The van der Waals surface area contributed by atoms with E-state index in [1.54, 1.807) is 12.1 Å². The van der Waals surface area contributed by atoms with E-state index in [4.69, 9.17) is 5.48 Å². The lowest BCUT2D eigenvalue weighted by Crippen LogP contribution is -2.40. The third kappa shape index (κ3) is 3.21. The first kappa shape index (κ1) is 10.4. The first-order valence-corrected chi connectivity index (χ1v) is 10.6. The average molecular weight is 287 g/mol. The first-order chi connectivity index (χ1) is 10.8. The molecule has 0 aliphatic heterocycles. The van der Waals surface area contributed by atoms with Crippen LogP contribution in [0, 0.1) is 6.85 Å². The second-order valence-corrected chi connectivity index (χ2v) is 11.6. The van der Waals surface area contributed by atoms with Crippen LogP contribution in [-0.4, -0.2) is 8.07 Å². The van der Waals surface area contributed by atoms with E-state index in [2.05, 4.69) is 37.8 Å². The minimum Gasteiger partial charge on any atom is -0.0656 e. The summed E-state index contributed by atoms with van der Waals surface area (Å²) in [5, 5.41) is 1.31. The van der Waals surface area contributed by atoms with Crippen molar-refractivity contribution in [2.45, 2.75) is 46.2 Å². The van der Waals surface area contributed by atoms with Gasteiger partial charge >= 0.3 is 0 Å². The Morgan fingerprint density at radius 1 is 0.950 bits per heavy atom. The Kier molecular flexibility index (Phi) is 2.89. The molecule has 106 valence electrons. The van der Waals surface area contributed by atoms with Crippen LogP contribution in [0.15, 0.2) is 42.5 Å². The van der Waals surface area contributed by atoms with Gasteiger partial charge in [0.25, 0.3) is 0 Å². The topological polar surface area (TPSA) is 0 Å². The summed E-state index contributed by atoms with van der Waals surface area (Å²) in [4.78, 5) is 0. The van der Waals surface area contributed by atoms with Crippen LogP contribution in [0.5, 0.6) is 0 Å². The summed E-state index contributed by atoms with van der Waals surface area (Å²) in [5.74, 6) is -0.662. The SMILES string of the molecule is [2H]C([2H])([2H])c1ccc(-c2ccc([Si](C)(C)C)c(C([2H])(C)C)c2)cc1. The number of hydrogen-bond acceptors (Lipinski definition) is 0. The summed E-state index contributed by atoms with van der Waals surface area (Å²) in [6.45, 7) is 8.66. The van der Waals surface area contributed by atoms with Crippen LogP contribution in [0.25, 0.3) is 11.1 Å². The van der Waals surface area contributed by atoms with Crippen molar-refractivity contribution >= 4 is 13.3 Å². The molecule has 0 unspecified atom stereocenters. The van der Waals surface area contributed by atoms with Gasteiger partial charge in [0.1, 0.15) is 0 Å². The molecule has 0 aliphatic rings. The summed E-state index contributed by atoms with van der Waals surface area (Å²) >= 11 is 0. The second kappa shape index (κ2) is 5.57. The number of hydrogen-bond donors (Lipinski definition) is 0. The van der Waals surface area contributed by atoms with E-state index in [0.717, 1.165) is 16.7 Å². The van der Waals surface area contributed by atoms with E-state index < -0.39 is 20.8 Å². The highest BCUT2D eigenvalue weighted by Gasteiger charge is 2.21. The van der Waals surface area contributed by atoms with Gasteiger partial charge in [0.05, 0.1) is 8.07 Å². The van der Waals surface area contributed by atoms with Gasteiger partial charge < -0.3 is 0 Å². The summed E-state index contributed by atoms with van der Waals surface area (Å²) < 4.78 is 30.9. The molecule has 0 saturated heterocycles. The lowest BCUT2D eigenvalue weighted by Gasteiger charge is -2.24. The highest BCUT2D eigenvalue weighted by atomic mass is 28.3. The number of aryl methyl sites for hydroxylation is 1. The third-order valence-corrected chi connectivity index (χ3v) is 5.64. The van der Waals surface area contributed by atoms with Crippen molar-refractivity contribution in [3.05, 3.63) is 53.6 Å². The molecule has 0 radical (unpaired) electrons. The third-order valence-electron chi connectivity index (χ3n) is 3.58. The van der Waals surface area contributed by atoms with E-state index in [0.29, 0.717) is 5.56 Å². The predicted molar refractivity (Wildman–Crippen MR) is 93.7 cm³/mol. The van der Waals surface area contributed by atoms with Gasteiger partial charge in [-0.1, -0.05) is 86.7 Å². The molecule has 2 rings (SSSR count). The van der Waals surface area contributed by atoms with Gasteiger partial charge in [-0.3, -0.25) is 0 Å². The normalized spacial score (nSPS) is 16.1. The van der Waals surface area contributed by atoms with E-state index in [9.17, 15) is 0 Å². The van der Waals surface area contributed by atoms with Gasteiger partial charge in [0, 0.05) is 5.48 Å². The maximum Gasteiger partial charge on any atom is 0.0779 e. The van der Waals surface area contributed by atoms with Gasteiger partial charge in [0.15, 0.2) is 0 Å². The largest absolute Gasteiger partial charge is 0.0779 e. The zero-order chi connectivity index (χ0) is 18.3. The molecule has 0 nitrogen and oxygen atoms in total. The smallest absolute Gasteiger partial charge is 0.0656 e. The van der Waals surface area contributed by atoms with Crippen LogP contribution >= 0.6 is 0 Å². The first-order valence-electron chi connectivity index (χ1n) is 9.06. The van der Waals surface area contributed by atoms with Gasteiger partial charge in [-0.2, -0.15) is 0 Å². The summed E-state index contributed by atoms with van der Waals surface area (Å²) in [5.41, 5.74) is 3.44. The predicted octanol–water partition coefficient (Wildman–Crippen LogP) is 5.33. The monoisotopic (exact) mass is 286 g/mol. The molecule has 0 saturated carbocycles. The molecule has 0 bridgehead atoms. The van der Waals surface area contributed by atoms with E-state index in [1.807, 2.05) is 26.0 Å². The quantitative estimate of drug-likeness (QED) is 0.669. The van der Waals surface area contributed by atoms with Crippen LogP contribution in [-0.2, 0) is 0 Å². The van der Waals surface area contributed by atoms with E-state index in [1.165, 1.54) is 5.19 Å². The second-order valence-electron chi connectivity index (χ2n) is 6.59. The summed E-state index contributed by atoms with van der Waals surface area (Å²) in [6.07, 6.45) is 0. The minimum atomic E-state index is -2.07. The molecule has 0 aliphatic carbocycles. The van der Waals surface area contributed by atoms with E-state index >= 15 is 0 Å². The van der Waals surface area contributed by atoms with Crippen molar-refractivity contribution in [3.8, 4) is 11.1 Å². The Balaban J connectivity index is 2.53. The fraction of sp³-hybridized carbons (Fsp3) is 0.368. The maximum atomic E-state index is 8.52. The lowest BCUT2D eigenvalue weighted by molar-refractivity contribution is 0.872. The van der Waals surface area contributed by atoms with Crippen molar-refractivity contribution < 1.29 is 5.48 Å². The van der Waals surface area contributed by atoms with Crippen molar-refractivity contribution in [2.24, 2.45) is 0 Å². The van der Waals surface area contributed by atoms with Crippen molar-refractivity contribution in [2.75, 3.05) is 0 Å². The molecule has 0 spiro atoms. The molecular formula is C19H26Si. The Morgan fingerprint density at radius 2 is 1.55 bits per heavy atom. The van der Waals surface area contributed by atoms with Crippen LogP contribution in [0.2, 0.25) is 19.6 Å². The summed E-state index contributed by atoms with van der Waals surface area (Å²) in [6, 6.07) is 13.4. The molecule has 0 fully saturated rings. The molecule has 2 aromatic rings. The average Bonchev–Trinajstić information content (AvgIpc) is 2.44.